The second-order valence-electron chi connectivity index (χ2n) is 7.15. The van der Waals surface area contributed by atoms with E-state index in [4.69, 9.17) is 14.0 Å². The van der Waals surface area contributed by atoms with Crippen LogP contribution in [0.4, 0.5) is 5.69 Å². The first-order valence-corrected chi connectivity index (χ1v) is 10.2. The molecule has 2 aromatic carbocycles. The van der Waals surface area contributed by atoms with E-state index in [0.717, 1.165) is 24.2 Å². The Labute approximate surface area is 182 Å². The standard InChI is InChI=1S/C23H28N4O4/c1-5-12-27(14-21(28)24-19-9-7-6-8-16(19)2)15-22-25-23(26-31-22)18-11-10-17(29-3)13-20(18)30-4/h6-11,13H,5,12,14-15H2,1-4H3,(H,24,28). The summed E-state index contributed by atoms with van der Waals surface area (Å²) in [7, 11) is 3.17. The number of nitrogens with zero attached hydrogens (tertiary/aromatic N) is 3. The van der Waals surface area contributed by atoms with Gasteiger partial charge in [-0.25, -0.2) is 0 Å². The Bertz CT molecular complexity index is 1020. The lowest BCUT2D eigenvalue weighted by Gasteiger charge is -2.19. The lowest BCUT2D eigenvalue weighted by atomic mass is 10.2. The predicted octanol–water partition coefficient (Wildman–Crippen LogP) is 3.91. The lowest BCUT2D eigenvalue weighted by molar-refractivity contribution is -0.117. The summed E-state index contributed by atoms with van der Waals surface area (Å²) < 4.78 is 16.1. The molecule has 31 heavy (non-hydrogen) atoms. The first-order chi connectivity index (χ1) is 15.0. The van der Waals surface area contributed by atoms with Crippen molar-refractivity contribution in [2.75, 3.05) is 32.6 Å². The van der Waals surface area contributed by atoms with Gasteiger partial charge in [-0.15, -0.1) is 0 Å². The number of benzene rings is 2. The molecule has 0 saturated carbocycles. The number of aryl methyl sites for hydroxylation is 1. The SMILES string of the molecule is CCCN(CC(=O)Nc1ccccc1C)Cc1nc(-c2ccc(OC)cc2OC)no1. The number of anilines is 1. The molecule has 8 nitrogen and oxygen atoms in total. The van der Waals surface area contributed by atoms with Crippen LogP contribution in [0, 0.1) is 6.92 Å². The summed E-state index contributed by atoms with van der Waals surface area (Å²) in [6.07, 6.45) is 0.894. The molecule has 0 atom stereocenters. The topological polar surface area (TPSA) is 89.7 Å². The number of ether oxygens (including phenoxy) is 2. The smallest absolute Gasteiger partial charge is 0.241 e. The summed E-state index contributed by atoms with van der Waals surface area (Å²) in [6.45, 7) is 5.36. The van der Waals surface area contributed by atoms with E-state index in [9.17, 15) is 4.79 Å². The fourth-order valence-corrected chi connectivity index (χ4v) is 3.24. The third-order valence-electron chi connectivity index (χ3n) is 4.80. The van der Waals surface area contributed by atoms with Crippen LogP contribution < -0.4 is 14.8 Å². The molecule has 1 N–H and O–H groups in total. The van der Waals surface area contributed by atoms with Gasteiger partial charge in [0.15, 0.2) is 0 Å². The van der Waals surface area contributed by atoms with Crippen molar-refractivity contribution >= 4 is 11.6 Å². The van der Waals surface area contributed by atoms with Crippen LogP contribution >= 0.6 is 0 Å². The van der Waals surface area contributed by atoms with Crippen molar-refractivity contribution in [1.82, 2.24) is 15.0 Å². The van der Waals surface area contributed by atoms with Crippen LogP contribution in [0.15, 0.2) is 47.0 Å². The van der Waals surface area contributed by atoms with Crippen molar-refractivity contribution in [2.24, 2.45) is 0 Å². The maximum absolute atomic E-state index is 12.6. The molecular formula is C23H28N4O4. The Morgan fingerprint density at radius 2 is 1.97 bits per heavy atom. The van der Waals surface area contributed by atoms with Crippen molar-refractivity contribution in [3.05, 3.63) is 53.9 Å². The summed E-state index contributed by atoms with van der Waals surface area (Å²) >= 11 is 0. The monoisotopic (exact) mass is 424 g/mol. The summed E-state index contributed by atoms with van der Waals surface area (Å²) in [4.78, 5) is 19.0. The third-order valence-corrected chi connectivity index (χ3v) is 4.80. The van der Waals surface area contributed by atoms with Crippen LogP contribution in [0.5, 0.6) is 11.5 Å². The molecule has 1 aromatic heterocycles. The molecule has 0 aliphatic heterocycles. The fourth-order valence-electron chi connectivity index (χ4n) is 3.24. The third kappa shape index (κ3) is 5.82. The predicted molar refractivity (Wildman–Crippen MR) is 118 cm³/mol. The molecule has 0 spiro atoms. The molecule has 0 bridgehead atoms. The van der Waals surface area contributed by atoms with E-state index in [1.54, 1.807) is 20.3 Å². The molecule has 0 radical (unpaired) electrons. The van der Waals surface area contributed by atoms with E-state index in [2.05, 4.69) is 22.4 Å². The summed E-state index contributed by atoms with van der Waals surface area (Å²) in [5.41, 5.74) is 2.54. The number of nitrogens with one attached hydrogen (secondary N) is 1. The molecule has 164 valence electrons. The normalized spacial score (nSPS) is 10.9. The molecule has 0 fully saturated rings. The van der Waals surface area contributed by atoms with Crippen molar-refractivity contribution in [1.29, 1.82) is 0 Å². The van der Waals surface area contributed by atoms with Crippen molar-refractivity contribution in [3.8, 4) is 22.9 Å². The van der Waals surface area contributed by atoms with E-state index in [0.29, 0.717) is 35.3 Å². The highest BCUT2D eigenvalue weighted by Crippen LogP contribution is 2.31. The largest absolute Gasteiger partial charge is 0.497 e. The van der Waals surface area contributed by atoms with Gasteiger partial charge in [-0.2, -0.15) is 4.98 Å². The van der Waals surface area contributed by atoms with Gasteiger partial charge in [0, 0.05) is 11.8 Å². The number of carbonyl (C=O) groups is 1. The average Bonchev–Trinajstić information content (AvgIpc) is 3.23. The number of hydrogen-bond acceptors (Lipinski definition) is 7. The van der Waals surface area contributed by atoms with Crippen LogP contribution in [-0.2, 0) is 11.3 Å². The van der Waals surface area contributed by atoms with Gasteiger partial charge in [0.2, 0.25) is 17.6 Å². The Morgan fingerprint density at radius 1 is 1.16 bits per heavy atom. The second kappa shape index (κ2) is 10.6. The molecule has 3 rings (SSSR count). The van der Waals surface area contributed by atoms with Gasteiger partial charge < -0.3 is 19.3 Å². The Balaban J connectivity index is 1.69. The zero-order valence-electron chi connectivity index (χ0n) is 18.3. The minimum Gasteiger partial charge on any atom is -0.497 e. The Hall–Kier alpha value is -3.39. The molecule has 0 saturated heterocycles. The van der Waals surface area contributed by atoms with Crippen molar-refractivity contribution in [2.45, 2.75) is 26.8 Å². The lowest BCUT2D eigenvalue weighted by Crippen LogP contribution is -2.33. The van der Waals surface area contributed by atoms with E-state index < -0.39 is 0 Å². The molecule has 3 aromatic rings. The number of rotatable bonds is 10. The van der Waals surface area contributed by atoms with Gasteiger partial charge >= 0.3 is 0 Å². The van der Waals surface area contributed by atoms with Crippen LogP contribution in [0.3, 0.4) is 0 Å². The number of aromatic nitrogens is 2. The van der Waals surface area contributed by atoms with E-state index in [1.807, 2.05) is 48.2 Å². The minimum atomic E-state index is -0.0840. The van der Waals surface area contributed by atoms with Crippen LogP contribution in [-0.4, -0.2) is 48.3 Å². The second-order valence-corrected chi connectivity index (χ2v) is 7.15. The summed E-state index contributed by atoms with van der Waals surface area (Å²) in [5.74, 6) is 2.05. The quantitative estimate of drug-likeness (QED) is 0.528. The fraction of sp³-hybridized carbons (Fsp3) is 0.348. The molecule has 0 aliphatic rings. The molecule has 1 heterocycles. The van der Waals surface area contributed by atoms with E-state index >= 15 is 0 Å². The number of methoxy groups -OCH3 is 2. The average molecular weight is 425 g/mol. The zero-order chi connectivity index (χ0) is 22.2. The molecule has 8 heteroatoms. The number of para-hydroxylation sites is 1. The Morgan fingerprint density at radius 3 is 2.68 bits per heavy atom. The highest BCUT2D eigenvalue weighted by Gasteiger charge is 2.18. The summed E-state index contributed by atoms with van der Waals surface area (Å²) in [6, 6.07) is 13.1. The van der Waals surface area contributed by atoms with Crippen molar-refractivity contribution < 1.29 is 18.8 Å². The maximum atomic E-state index is 12.6. The van der Waals surface area contributed by atoms with Gasteiger partial charge in [0.05, 0.1) is 32.9 Å². The molecule has 0 aliphatic carbocycles. The minimum absolute atomic E-state index is 0.0840. The van der Waals surface area contributed by atoms with Gasteiger partial charge in [0.1, 0.15) is 11.5 Å². The maximum Gasteiger partial charge on any atom is 0.241 e. The zero-order valence-corrected chi connectivity index (χ0v) is 18.3. The van der Waals surface area contributed by atoms with Gasteiger partial charge in [-0.1, -0.05) is 30.3 Å². The molecule has 1 amide bonds. The van der Waals surface area contributed by atoms with Crippen LogP contribution in [0.1, 0.15) is 24.8 Å². The van der Waals surface area contributed by atoms with E-state index in [1.165, 1.54) is 0 Å². The van der Waals surface area contributed by atoms with E-state index in [-0.39, 0.29) is 12.5 Å². The van der Waals surface area contributed by atoms with Crippen LogP contribution in [0.2, 0.25) is 0 Å². The van der Waals surface area contributed by atoms with Crippen LogP contribution in [0.25, 0.3) is 11.4 Å². The Kier molecular flexibility index (Phi) is 7.61. The highest BCUT2D eigenvalue weighted by molar-refractivity contribution is 5.92. The van der Waals surface area contributed by atoms with Crippen molar-refractivity contribution in [3.63, 3.8) is 0 Å². The number of carbonyl (C=O) groups excluding carboxylic acids is 1. The summed E-state index contributed by atoms with van der Waals surface area (Å²) in [5, 5.41) is 7.05. The number of amides is 1. The first kappa shape index (κ1) is 22.3. The van der Waals surface area contributed by atoms with Gasteiger partial charge in [0.25, 0.3) is 0 Å². The van der Waals surface area contributed by atoms with Gasteiger partial charge in [-0.05, 0) is 43.7 Å². The molecular weight excluding hydrogens is 396 g/mol. The first-order valence-electron chi connectivity index (χ1n) is 10.2. The number of hydrogen-bond donors (Lipinski definition) is 1. The highest BCUT2D eigenvalue weighted by atomic mass is 16.5. The molecule has 0 unspecified atom stereocenters. The van der Waals surface area contributed by atoms with Gasteiger partial charge in [-0.3, -0.25) is 9.69 Å².